The summed E-state index contributed by atoms with van der Waals surface area (Å²) in [5, 5.41) is 8.13. The summed E-state index contributed by atoms with van der Waals surface area (Å²) in [6.07, 6.45) is 2.70. The third-order valence-electron chi connectivity index (χ3n) is 7.35. The lowest BCUT2D eigenvalue weighted by atomic mass is 10.0. The van der Waals surface area contributed by atoms with Gasteiger partial charge in [-0.15, -0.1) is 0 Å². The normalized spacial score (nSPS) is 14.5. The molecule has 1 N–H and O–H groups in total. The Morgan fingerprint density at radius 1 is 1.00 bits per heavy atom. The highest BCUT2D eigenvalue weighted by Crippen LogP contribution is 2.39. The zero-order chi connectivity index (χ0) is 27.1. The molecule has 0 fully saturated rings. The van der Waals surface area contributed by atoms with Crippen molar-refractivity contribution in [2.75, 3.05) is 5.32 Å². The first-order chi connectivity index (χ1) is 18.9. The highest BCUT2D eigenvalue weighted by Gasteiger charge is 2.36. The standard InChI is InChI=1S/C32H30FN5O/c1-4-27-26-20-37(32(39)34-28-16-15-21(2)18-22(28)3)30(23-10-8-11-24(33)19-23)29-14-9-17-36(29)31(26)38(35-27)25-12-6-5-7-13-25/h5-19,30H,4,20H2,1-3H3,(H,34,39)/t30-/m1/s1. The highest BCUT2D eigenvalue weighted by atomic mass is 19.1. The first-order valence-corrected chi connectivity index (χ1v) is 13.2. The molecule has 0 saturated carbocycles. The van der Waals surface area contributed by atoms with E-state index in [0.717, 1.165) is 45.3 Å². The Labute approximate surface area is 227 Å². The highest BCUT2D eigenvalue weighted by molar-refractivity contribution is 5.91. The second-order valence-electron chi connectivity index (χ2n) is 9.99. The van der Waals surface area contributed by atoms with Crippen molar-refractivity contribution in [1.82, 2.24) is 19.2 Å². The van der Waals surface area contributed by atoms with E-state index in [1.165, 1.54) is 12.1 Å². The van der Waals surface area contributed by atoms with Gasteiger partial charge in [0.05, 0.1) is 29.7 Å². The van der Waals surface area contributed by atoms with E-state index < -0.39 is 6.04 Å². The molecule has 3 aromatic carbocycles. The van der Waals surface area contributed by atoms with Gasteiger partial charge in [0.1, 0.15) is 11.6 Å². The summed E-state index contributed by atoms with van der Waals surface area (Å²) in [5.74, 6) is 0.549. The first-order valence-electron chi connectivity index (χ1n) is 13.2. The van der Waals surface area contributed by atoms with Crippen molar-refractivity contribution in [1.29, 1.82) is 0 Å². The third kappa shape index (κ3) is 4.40. The number of benzene rings is 3. The summed E-state index contributed by atoms with van der Waals surface area (Å²) >= 11 is 0. The number of para-hydroxylation sites is 1. The third-order valence-corrected chi connectivity index (χ3v) is 7.35. The number of halogens is 1. The number of carbonyl (C=O) groups is 1. The van der Waals surface area contributed by atoms with Crippen molar-refractivity contribution in [3.8, 4) is 11.5 Å². The average molecular weight is 520 g/mol. The second-order valence-corrected chi connectivity index (χ2v) is 9.99. The predicted molar refractivity (Wildman–Crippen MR) is 151 cm³/mol. The summed E-state index contributed by atoms with van der Waals surface area (Å²) in [6.45, 7) is 6.39. The van der Waals surface area contributed by atoms with Gasteiger partial charge in [-0.3, -0.25) is 0 Å². The molecule has 0 radical (unpaired) electrons. The van der Waals surface area contributed by atoms with E-state index in [9.17, 15) is 9.18 Å². The van der Waals surface area contributed by atoms with E-state index in [4.69, 9.17) is 5.10 Å². The van der Waals surface area contributed by atoms with Crippen molar-refractivity contribution < 1.29 is 9.18 Å². The number of aryl methyl sites for hydroxylation is 3. The Kier molecular flexibility index (Phi) is 6.27. The molecule has 6 nitrogen and oxygen atoms in total. The van der Waals surface area contributed by atoms with Crippen LogP contribution in [0.15, 0.2) is 91.1 Å². The van der Waals surface area contributed by atoms with E-state index >= 15 is 0 Å². The van der Waals surface area contributed by atoms with Gasteiger partial charge in [-0.25, -0.2) is 13.9 Å². The van der Waals surface area contributed by atoms with Crippen LogP contribution >= 0.6 is 0 Å². The Hall–Kier alpha value is -4.65. The van der Waals surface area contributed by atoms with Crippen molar-refractivity contribution >= 4 is 11.7 Å². The number of hydrogen-bond donors (Lipinski definition) is 1. The SMILES string of the molecule is CCc1nn(-c2ccccc2)c2c1CN(C(=O)Nc1ccc(C)cc1C)[C@H](c1cccc(F)c1)c1cccn1-2. The quantitative estimate of drug-likeness (QED) is 0.275. The van der Waals surface area contributed by atoms with Crippen molar-refractivity contribution in [2.45, 2.75) is 39.8 Å². The Balaban J connectivity index is 1.55. The van der Waals surface area contributed by atoms with Gasteiger partial charge >= 0.3 is 6.03 Å². The van der Waals surface area contributed by atoms with Gasteiger partial charge in [0.25, 0.3) is 0 Å². The van der Waals surface area contributed by atoms with Crippen LogP contribution in [-0.2, 0) is 13.0 Å². The topological polar surface area (TPSA) is 55.1 Å². The number of hydrogen-bond acceptors (Lipinski definition) is 2. The van der Waals surface area contributed by atoms with E-state index in [0.29, 0.717) is 18.5 Å². The maximum atomic E-state index is 14.6. The smallest absolute Gasteiger partial charge is 0.308 e. The van der Waals surface area contributed by atoms with E-state index in [1.54, 1.807) is 11.0 Å². The number of amides is 2. The van der Waals surface area contributed by atoms with Crippen LogP contribution in [0.4, 0.5) is 14.9 Å². The monoisotopic (exact) mass is 519 g/mol. The lowest BCUT2D eigenvalue weighted by Gasteiger charge is -2.31. The fourth-order valence-electron chi connectivity index (χ4n) is 5.52. The molecule has 0 unspecified atom stereocenters. The maximum Gasteiger partial charge on any atom is 0.322 e. The Morgan fingerprint density at radius 2 is 1.82 bits per heavy atom. The molecule has 6 rings (SSSR count). The Bertz CT molecular complexity index is 1670. The molecule has 0 aliphatic carbocycles. The number of rotatable bonds is 4. The van der Waals surface area contributed by atoms with Crippen LogP contribution in [0.25, 0.3) is 11.5 Å². The summed E-state index contributed by atoms with van der Waals surface area (Å²) < 4.78 is 18.6. The fourth-order valence-corrected chi connectivity index (χ4v) is 5.52. The minimum atomic E-state index is -0.525. The molecular weight excluding hydrogens is 489 g/mol. The molecule has 5 aromatic rings. The molecule has 1 aliphatic heterocycles. The number of fused-ring (bicyclic) bond motifs is 3. The van der Waals surface area contributed by atoms with Gasteiger partial charge in [-0.1, -0.05) is 55.0 Å². The minimum Gasteiger partial charge on any atom is -0.308 e. The van der Waals surface area contributed by atoms with Crippen LogP contribution in [-0.4, -0.2) is 25.3 Å². The van der Waals surface area contributed by atoms with Gasteiger partial charge in [0.2, 0.25) is 0 Å². The number of urea groups is 1. The molecule has 0 bridgehead atoms. The van der Waals surface area contributed by atoms with Crippen molar-refractivity contribution in [3.63, 3.8) is 0 Å². The minimum absolute atomic E-state index is 0.258. The largest absolute Gasteiger partial charge is 0.322 e. The lowest BCUT2D eigenvalue weighted by molar-refractivity contribution is 0.194. The zero-order valence-electron chi connectivity index (χ0n) is 22.2. The fraction of sp³-hybridized carbons (Fsp3) is 0.188. The molecule has 1 atom stereocenters. The Morgan fingerprint density at radius 3 is 2.56 bits per heavy atom. The van der Waals surface area contributed by atoms with Crippen molar-refractivity contribution in [3.05, 3.63) is 131 Å². The lowest BCUT2D eigenvalue weighted by Crippen LogP contribution is -2.38. The van der Waals surface area contributed by atoms with Crippen LogP contribution < -0.4 is 5.32 Å². The molecule has 39 heavy (non-hydrogen) atoms. The van der Waals surface area contributed by atoms with Crippen molar-refractivity contribution in [2.24, 2.45) is 0 Å². The van der Waals surface area contributed by atoms with Gasteiger partial charge < -0.3 is 14.8 Å². The molecular formula is C32H30FN5O. The second kappa shape index (κ2) is 9.91. The predicted octanol–water partition coefficient (Wildman–Crippen LogP) is 7.12. The summed E-state index contributed by atoms with van der Waals surface area (Å²) in [6, 6.07) is 25.6. The van der Waals surface area contributed by atoms with E-state index in [1.807, 2.05) is 91.5 Å². The average Bonchev–Trinajstić information content (AvgIpc) is 3.51. The number of anilines is 1. The van der Waals surface area contributed by atoms with E-state index in [2.05, 4.69) is 16.8 Å². The van der Waals surface area contributed by atoms with Gasteiger partial charge in [-0.05, 0) is 73.9 Å². The van der Waals surface area contributed by atoms with Gasteiger partial charge in [0, 0.05) is 17.4 Å². The van der Waals surface area contributed by atoms with Crippen LogP contribution in [0.5, 0.6) is 0 Å². The molecule has 7 heteroatoms. The summed E-state index contributed by atoms with van der Waals surface area (Å²) in [4.78, 5) is 15.9. The molecule has 3 heterocycles. The molecule has 0 spiro atoms. The molecule has 2 aromatic heterocycles. The number of nitrogens with zero attached hydrogens (tertiary/aromatic N) is 4. The van der Waals surface area contributed by atoms with E-state index in [-0.39, 0.29) is 11.8 Å². The first kappa shape index (κ1) is 24.7. The number of nitrogens with one attached hydrogen (secondary N) is 1. The van der Waals surface area contributed by atoms with Crippen LogP contribution in [0.3, 0.4) is 0 Å². The molecule has 196 valence electrons. The molecule has 0 saturated heterocycles. The summed E-state index contributed by atoms with van der Waals surface area (Å²) in [7, 11) is 0. The summed E-state index contributed by atoms with van der Waals surface area (Å²) in [5.41, 5.74) is 7.23. The zero-order valence-corrected chi connectivity index (χ0v) is 22.2. The molecule has 2 amide bonds. The number of carbonyl (C=O) groups excluding carboxylic acids is 1. The van der Waals surface area contributed by atoms with Crippen LogP contribution in [0, 0.1) is 19.7 Å². The number of aromatic nitrogens is 3. The van der Waals surface area contributed by atoms with Crippen LogP contribution in [0.1, 0.15) is 46.6 Å². The van der Waals surface area contributed by atoms with Gasteiger partial charge in [0.15, 0.2) is 0 Å². The molecule has 1 aliphatic rings. The maximum absolute atomic E-state index is 14.6. The van der Waals surface area contributed by atoms with Gasteiger partial charge in [-0.2, -0.15) is 5.10 Å². The van der Waals surface area contributed by atoms with Crippen LogP contribution in [0.2, 0.25) is 0 Å².